The topological polar surface area (TPSA) is 50.4 Å². The molecule has 0 aromatic carbocycles. The van der Waals surface area contributed by atoms with Gasteiger partial charge in [0.1, 0.15) is 0 Å². The first-order valence-corrected chi connectivity index (χ1v) is 6.56. The summed E-state index contributed by atoms with van der Waals surface area (Å²) in [5.41, 5.74) is -0.131. The molecule has 0 aliphatic heterocycles. The number of carbonyl (C=O) groups excluding carboxylic acids is 1. The van der Waals surface area contributed by atoms with Crippen LogP contribution >= 0.6 is 0 Å². The Hall–Kier alpha value is -0.610. The van der Waals surface area contributed by atoms with Crippen molar-refractivity contribution in [2.24, 2.45) is 0 Å². The Morgan fingerprint density at radius 2 is 2.00 bits per heavy atom. The van der Waals surface area contributed by atoms with Gasteiger partial charge < -0.3 is 15.4 Å². The summed E-state index contributed by atoms with van der Waals surface area (Å²) in [6, 6.07) is 0.536. The molecule has 0 saturated heterocycles. The van der Waals surface area contributed by atoms with Crippen LogP contribution in [0.1, 0.15) is 47.0 Å². The van der Waals surface area contributed by atoms with Crippen molar-refractivity contribution < 1.29 is 9.53 Å². The molecule has 100 valence electrons. The van der Waals surface area contributed by atoms with Crippen LogP contribution in [0, 0.1) is 0 Å². The summed E-state index contributed by atoms with van der Waals surface area (Å²) in [4.78, 5) is 11.5. The van der Waals surface area contributed by atoms with Crippen molar-refractivity contribution in [1.29, 1.82) is 0 Å². The van der Waals surface area contributed by atoms with Gasteiger partial charge in [0.15, 0.2) is 0 Å². The van der Waals surface area contributed by atoms with Gasteiger partial charge in [0.25, 0.3) is 0 Å². The molecule has 17 heavy (non-hydrogen) atoms. The van der Waals surface area contributed by atoms with Crippen molar-refractivity contribution >= 4 is 5.91 Å². The lowest BCUT2D eigenvalue weighted by molar-refractivity contribution is -0.122. The molecule has 0 aromatic rings. The Balaban J connectivity index is 2.00. The van der Waals surface area contributed by atoms with Crippen LogP contribution in [0.25, 0.3) is 0 Å². The SMILES string of the molecule is CCOC1CC(NCCC(=O)NC(C)(C)C)C1. The van der Waals surface area contributed by atoms with Crippen LogP contribution < -0.4 is 10.6 Å². The van der Waals surface area contributed by atoms with E-state index in [1.165, 1.54) is 0 Å². The van der Waals surface area contributed by atoms with Gasteiger partial charge in [-0.05, 0) is 40.5 Å². The van der Waals surface area contributed by atoms with Crippen LogP contribution in [0.4, 0.5) is 0 Å². The molecule has 4 heteroatoms. The first-order chi connectivity index (χ1) is 7.90. The molecule has 2 N–H and O–H groups in total. The zero-order chi connectivity index (χ0) is 12.9. The maximum absolute atomic E-state index is 11.5. The maximum Gasteiger partial charge on any atom is 0.221 e. The van der Waals surface area contributed by atoms with Gasteiger partial charge >= 0.3 is 0 Å². The maximum atomic E-state index is 11.5. The minimum absolute atomic E-state index is 0.116. The Bertz CT molecular complexity index is 242. The molecule has 1 amide bonds. The van der Waals surface area contributed by atoms with E-state index in [1.807, 2.05) is 27.7 Å². The van der Waals surface area contributed by atoms with Crippen molar-refractivity contribution in [3.05, 3.63) is 0 Å². The first kappa shape index (κ1) is 14.5. The van der Waals surface area contributed by atoms with Crippen LogP contribution in [0.2, 0.25) is 0 Å². The van der Waals surface area contributed by atoms with E-state index >= 15 is 0 Å². The minimum atomic E-state index is -0.131. The van der Waals surface area contributed by atoms with Crippen molar-refractivity contribution in [3.8, 4) is 0 Å². The number of hydrogen-bond acceptors (Lipinski definition) is 3. The van der Waals surface area contributed by atoms with E-state index in [-0.39, 0.29) is 11.4 Å². The average Bonchev–Trinajstić information content (AvgIpc) is 2.10. The van der Waals surface area contributed by atoms with E-state index in [0.29, 0.717) is 18.6 Å². The lowest BCUT2D eigenvalue weighted by Crippen LogP contribution is -2.47. The van der Waals surface area contributed by atoms with Crippen molar-refractivity contribution in [3.63, 3.8) is 0 Å². The van der Waals surface area contributed by atoms with Gasteiger partial charge in [-0.3, -0.25) is 4.79 Å². The minimum Gasteiger partial charge on any atom is -0.378 e. The molecule has 0 unspecified atom stereocenters. The molecule has 0 aromatic heterocycles. The Labute approximate surface area is 104 Å². The molecule has 1 aliphatic rings. The highest BCUT2D eigenvalue weighted by Gasteiger charge is 2.28. The van der Waals surface area contributed by atoms with Gasteiger partial charge in [0, 0.05) is 31.2 Å². The summed E-state index contributed by atoms with van der Waals surface area (Å²) >= 11 is 0. The molecule has 4 nitrogen and oxygen atoms in total. The van der Waals surface area contributed by atoms with E-state index in [1.54, 1.807) is 0 Å². The second kappa shape index (κ2) is 6.36. The largest absolute Gasteiger partial charge is 0.378 e. The normalized spacial score (nSPS) is 24.2. The summed E-state index contributed by atoms with van der Waals surface area (Å²) in [7, 11) is 0. The summed E-state index contributed by atoms with van der Waals surface area (Å²) in [5.74, 6) is 0.116. The first-order valence-electron chi connectivity index (χ1n) is 6.56. The van der Waals surface area contributed by atoms with E-state index in [2.05, 4.69) is 10.6 Å². The van der Waals surface area contributed by atoms with Crippen molar-refractivity contribution in [2.45, 2.75) is 64.6 Å². The predicted octanol–water partition coefficient (Wildman–Crippen LogP) is 1.45. The Morgan fingerprint density at radius 1 is 1.35 bits per heavy atom. The monoisotopic (exact) mass is 242 g/mol. The van der Waals surface area contributed by atoms with E-state index < -0.39 is 0 Å². The molecule has 1 rings (SSSR count). The third-order valence-corrected chi connectivity index (χ3v) is 2.80. The highest BCUT2D eigenvalue weighted by atomic mass is 16.5. The summed E-state index contributed by atoms with van der Waals surface area (Å²) in [6.45, 7) is 9.57. The third-order valence-electron chi connectivity index (χ3n) is 2.80. The summed E-state index contributed by atoms with van der Waals surface area (Å²) in [5, 5.41) is 6.34. The second-order valence-corrected chi connectivity index (χ2v) is 5.75. The molecular formula is C13H26N2O2. The van der Waals surface area contributed by atoms with Gasteiger partial charge in [-0.1, -0.05) is 0 Å². The van der Waals surface area contributed by atoms with Gasteiger partial charge in [0.05, 0.1) is 6.10 Å². The van der Waals surface area contributed by atoms with Gasteiger partial charge in [0.2, 0.25) is 5.91 Å². The van der Waals surface area contributed by atoms with Gasteiger partial charge in [-0.25, -0.2) is 0 Å². The Morgan fingerprint density at radius 3 is 2.53 bits per heavy atom. The standard InChI is InChI=1S/C13H26N2O2/c1-5-17-11-8-10(9-11)14-7-6-12(16)15-13(2,3)4/h10-11,14H,5-9H2,1-4H3,(H,15,16). The molecule has 1 aliphatic carbocycles. The molecule has 0 spiro atoms. The number of nitrogens with one attached hydrogen (secondary N) is 2. The van der Waals surface area contributed by atoms with Crippen LogP contribution in [0.3, 0.4) is 0 Å². The fraction of sp³-hybridized carbons (Fsp3) is 0.923. The van der Waals surface area contributed by atoms with E-state index in [9.17, 15) is 4.79 Å². The average molecular weight is 242 g/mol. The van der Waals surface area contributed by atoms with Crippen molar-refractivity contribution in [1.82, 2.24) is 10.6 Å². The molecular weight excluding hydrogens is 216 g/mol. The fourth-order valence-corrected chi connectivity index (χ4v) is 1.97. The molecule has 1 fully saturated rings. The highest BCUT2D eigenvalue weighted by Crippen LogP contribution is 2.22. The molecule has 0 heterocycles. The number of hydrogen-bond donors (Lipinski definition) is 2. The summed E-state index contributed by atoms with van der Waals surface area (Å²) in [6.07, 6.45) is 3.14. The predicted molar refractivity (Wildman–Crippen MR) is 69.0 cm³/mol. The fourth-order valence-electron chi connectivity index (χ4n) is 1.97. The van der Waals surface area contributed by atoms with Crippen LogP contribution in [-0.4, -0.2) is 36.7 Å². The van der Waals surface area contributed by atoms with Gasteiger partial charge in [-0.15, -0.1) is 0 Å². The molecule has 1 saturated carbocycles. The third kappa shape index (κ3) is 6.03. The highest BCUT2D eigenvalue weighted by molar-refractivity contribution is 5.76. The number of carbonyl (C=O) groups is 1. The van der Waals surface area contributed by atoms with E-state index in [4.69, 9.17) is 4.74 Å². The number of ether oxygens (including phenoxy) is 1. The van der Waals surface area contributed by atoms with Crippen LogP contribution in [-0.2, 0) is 9.53 Å². The molecule has 0 radical (unpaired) electrons. The van der Waals surface area contributed by atoms with Crippen LogP contribution in [0.15, 0.2) is 0 Å². The Kier molecular flexibility index (Phi) is 5.40. The molecule has 0 bridgehead atoms. The second-order valence-electron chi connectivity index (χ2n) is 5.75. The lowest BCUT2D eigenvalue weighted by Gasteiger charge is -2.35. The quantitative estimate of drug-likeness (QED) is 0.741. The van der Waals surface area contributed by atoms with E-state index in [0.717, 1.165) is 26.0 Å². The van der Waals surface area contributed by atoms with Gasteiger partial charge in [-0.2, -0.15) is 0 Å². The number of amides is 1. The zero-order valence-electron chi connectivity index (χ0n) is 11.5. The zero-order valence-corrected chi connectivity index (χ0v) is 11.5. The lowest BCUT2D eigenvalue weighted by atomic mass is 9.89. The van der Waals surface area contributed by atoms with Crippen LogP contribution in [0.5, 0.6) is 0 Å². The van der Waals surface area contributed by atoms with Crippen molar-refractivity contribution in [2.75, 3.05) is 13.2 Å². The smallest absolute Gasteiger partial charge is 0.221 e. The molecule has 0 atom stereocenters. The number of rotatable bonds is 6. The summed E-state index contributed by atoms with van der Waals surface area (Å²) < 4.78 is 5.48.